The quantitative estimate of drug-likeness (QED) is 0.0835. The van der Waals surface area contributed by atoms with Gasteiger partial charge in [0, 0.05) is 13.1 Å². The number of anilines is 1. The second kappa shape index (κ2) is 17.6. The van der Waals surface area contributed by atoms with Crippen molar-refractivity contribution >= 4 is 78.6 Å². The fraction of sp³-hybridized carbons (Fsp3) is 0.366. The summed E-state index contributed by atoms with van der Waals surface area (Å²) in [5, 5.41) is 11.9. The van der Waals surface area contributed by atoms with Gasteiger partial charge >= 0.3 is 11.9 Å². The fourth-order valence-corrected chi connectivity index (χ4v) is 7.84. The highest BCUT2D eigenvalue weighted by molar-refractivity contribution is 7.59. The number of allylic oxidation sites excluding steroid dienone is 2. The van der Waals surface area contributed by atoms with Crippen LogP contribution in [0.15, 0.2) is 48.6 Å². The van der Waals surface area contributed by atoms with Crippen molar-refractivity contribution in [2.75, 3.05) is 32.8 Å². The van der Waals surface area contributed by atoms with E-state index in [0.717, 1.165) is 11.4 Å². The number of rotatable bonds is 13. The van der Waals surface area contributed by atoms with Crippen LogP contribution >= 0.6 is 27.0 Å². The molecule has 19 heteroatoms. The van der Waals surface area contributed by atoms with Crippen molar-refractivity contribution in [2.24, 2.45) is 0 Å². The number of benzene rings is 2. The summed E-state index contributed by atoms with van der Waals surface area (Å²) in [6.45, 7) is 9.11. The van der Waals surface area contributed by atoms with Crippen LogP contribution in [0.3, 0.4) is 0 Å². The number of ether oxygens (including phenoxy) is 4. The van der Waals surface area contributed by atoms with Crippen LogP contribution in [0.5, 0.6) is 11.5 Å². The lowest BCUT2D eigenvalue weighted by atomic mass is 10.1. The molecule has 17 nitrogen and oxygen atoms in total. The molecule has 4 aromatic heterocycles. The Labute approximate surface area is 358 Å². The summed E-state index contributed by atoms with van der Waals surface area (Å²) >= 11 is 0. The molecular weight excluding hydrogens is 811 g/mol. The molecule has 2 aliphatic rings. The third-order valence-corrected chi connectivity index (χ3v) is 10.5. The highest BCUT2D eigenvalue weighted by Gasteiger charge is 2.32. The van der Waals surface area contributed by atoms with E-state index in [2.05, 4.69) is 21.6 Å². The summed E-state index contributed by atoms with van der Waals surface area (Å²) in [5.41, 5.74) is 5.31. The summed E-state index contributed by atoms with van der Waals surface area (Å²) in [4.78, 5) is 62.0. The predicted molar refractivity (Wildman–Crippen MR) is 232 cm³/mol. The van der Waals surface area contributed by atoms with Crippen LogP contribution in [0.25, 0.3) is 22.1 Å². The van der Waals surface area contributed by atoms with Crippen molar-refractivity contribution < 1.29 is 38.1 Å². The zero-order chi connectivity index (χ0) is 40.8. The molecule has 8 rings (SSSR count). The van der Waals surface area contributed by atoms with Gasteiger partial charge < -0.3 is 23.5 Å². The Balaban J connectivity index is 0.00000302. The molecule has 0 saturated heterocycles. The number of aromatic nitrogens is 8. The normalized spacial score (nSPS) is 15.2. The van der Waals surface area contributed by atoms with Gasteiger partial charge in [-0.15, -0.1) is 0 Å². The highest BCUT2D eigenvalue weighted by Crippen LogP contribution is 2.40. The van der Waals surface area contributed by atoms with Crippen LogP contribution in [-0.4, -0.2) is 89.7 Å². The van der Waals surface area contributed by atoms with Crippen molar-refractivity contribution in [3.63, 3.8) is 0 Å². The summed E-state index contributed by atoms with van der Waals surface area (Å²) < 4.78 is 29.7. The standard InChI is InChI=1S/C41H43N9O8.2H2S/c1-7-47-30(13-22(3)45-47)32(51)19-35-42-28-15-24(39(53)55-5)17-33-36(28)49(35)26(20-57-33)11-9-10-12-27-21-58-34-18-25(40(54)56-6)16-29-37(34)50(27)41(43-29)44-38(52)31-14-23(4)46-48(31)8-2;;/h9-10,13-18,26-27H,7-8,11-12,19-21H2,1-6H3,(H,43,44,52);2*1H2/b10-9-;;/t26-,27-;;/m0../s1. The van der Waals surface area contributed by atoms with Gasteiger partial charge in [0.2, 0.25) is 5.95 Å². The molecular formula is C41H47N9O8S2. The van der Waals surface area contributed by atoms with E-state index in [1.165, 1.54) is 14.2 Å². The molecule has 2 aromatic carbocycles. The molecule has 0 bridgehead atoms. The number of ketones is 1. The molecule has 1 amide bonds. The van der Waals surface area contributed by atoms with Crippen LogP contribution in [-0.2, 0) is 29.0 Å². The molecule has 0 radical (unpaired) electrons. The zero-order valence-electron chi connectivity index (χ0n) is 34.1. The smallest absolute Gasteiger partial charge is 0.338 e. The van der Waals surface area contributed by atoms with Gasteiger partial charge in [-0.2, -0.15) is 37.2 Å². The van der Waals surface area contributed by atoms with Gasteiger partial charge in [-0.1, -0.05) is 12.2 Å². The van der Waals surface area contributed by atoms with Crippen LogP contribution in [0.1, 0.15) is 97.7 Å². The molecule has 6 heterocycles. The number of hydrogen-bond donors (Lipinski definition) is 1. The van der Waals surface area contributed by atoms with Gasteiger partial charge in [0.05, 0.1) is 66.3 Å². The first-order valence-electron chi connectivity index (χ1n) is 19.1. The molecule has 2 aliphatic heterocycles. The van der Waals surface area contributed by atoms with Crippen molar-refractivity contribution in [2.45, 2.75) is 72.1 Å². The number of hydrogen-bond acceptors (Lipinski definition) is 12. The maximum absolute atomic E-state index is 13.7. The van der Waals surface area contributed by atoms with E-state index < -0.39 is 11.9 Å². The number of nitrogens with zero attached hydrogens (tertiary/aromatic N) is 8. The minimum absolute atomic E-state index is 0. The molecule has 0 saturated carbocycles. The molecule has 2 atom stereocenters. The molecule has 0 aliphatic carbocycles. The van der Waals surface area contributed by atoms with Crippen LogP contribution < -0.4 is 14.8 Å². The minimum Gasteiger partial charge on any atom is -0.489 e. The van der Waals surface area contributed by atoms with E-state index in [4.69, 9.17) is 28.9 Å². The van der Waals surface area contributed by atoms with E-state index >= 15 is 0 Å². The number of carbonyl (C=O) groups is 4. The molecule has 0 fully saturated rings. The second-order valence-electron chi connectivity index (χ2n) is 14.3. The Morgan fingerprint density at radius 3 is 1.78 bits per heavy atom. The van der Waals surface area contributed by atoms with Crippen molar-refractivity contribution in [3.05, 3.63) is 88.3 Å². The number of esters is 2. The molecule has 316 valence electrons. The maximum atomic E-state index is 13.7. The lowest BCUT2D eigenvalue weighted by Gasteiger charge is -2.27. The number of aryl methyl sites for hydroxylation is 4. The Hall–Kier alpha value is -6.08. The molecule has 1 N–H and O–H groups in total. The number of methoxy groups -OCH3 is 2. The summed E-state index contributed by atoms with van der Waals surface area (Å²) in [6, 6.07) is 9.57. The van der Waals surface area contributed by atoms with E-state index in [9.17, 15) is 19.2 Å². The lowest BCUT2D eigenvalue weighted by Crippen LogP contribution is -2.26. The van der Waals surface area contributed by atoms with Gasteiger partial charge in [-0.25, -0.2) is 19.6 Å². The Morgan fingerprint density at radius 1 is 0.733 bits per heavy atom. The van der Waals surface area contributed by atoms with Crippen molar-refractivity contribution in [1.82, 2.24) is 38.7 Å². The van der Waals surface area contributed by atoms with E-state index in [-0.39, 0.29) is 76.0 Å². The van der Waals surface area contributed by atoms with E-state index in [0.29, 0.717) is 88.2 Å². The van der Waals surface area contributed by atoms with Gasteiger partial charge in [0.1, 0.15) is 53.0 Å². The average Bonchev–Trinajstić information content (AvgIpc) is 4.00. The van der Waals surface area contributed by atoms with E-state index in [1.54, 1.807) is 45.8 Å². The van der Waals surface area contributed by atoms with Crippen LogP contribution in [0, 0.1) is 13.8 Å². The maximum Gasteiger partial charge on any atom is 0.338 e. The molecule has 60 heavy (non-hydrogen) atoms. The first kappa shape index (κ1) is 43.5. The second-order valence-corrected chi connectivity index (χ2v) is 14.3. The minimum atomic E-state index is -0.530. The predicted octanol–water partition coefficient (Wildman–Crippen LogP) is 5.82. The number of Topliss-reactive ketones (excluding diaryl/α,β-unsaturated/α-hetero) is 1. The third-order valence-electron chi connectivity index (χ3n) is 10.5. The SMILES string of the molecule is CCn1nc(C)cc1C(=O)Cc1nc2cc(C(=O)OC)cc3c2n1[C@@H](C/C=C\C[C@H]1COc2cc(C(=O)OC)cc4nc(NC(=O)c5cc(C)nn5CC)n1c24)CO3.S.S. The monoisotopic (exact) mass is 857 g/mol. The van der Waals surface area contributed by atoms with Crippen LogP contribution in [0.4, 0.5) is 5.95 Å². The van der Waals surface area contributed by atoms with E-state index in [1.807, 2.05) is 42.9 Å². The Bertz CT molecular complexity index is 2500. The highest BCUT2D eigenvalue weighted by atomic mass is 32.1. The number of nitrogens with one attached hydrogen (secondary N) is 1. The molecule has 0 unspecified atom stereocenters. The Morgan fingerprint density at radius 2 is 1.23 bits per heavy atom. The fourth-order valence-electron chi connectivity index (χ4n) is 7.84. The van der Waals surface area contributed by atoms with Gasteiger partial charge in [-0.3, -0.25) is 28.8 Å². The van der Waals surface area contributed by atoms with Gasteiger partial charge in [-0.05, 0) is 76.9 Å². The largest absolute Gasteiger partial charge is 0.489 e. The third kappa shape index (κ3) is 7.85. The molecule has 0 spiro atoms. The van der Waals surface area contributed by atoms with Crippen molar-refractivity contribution in [1.29, 1.82) is 0 Å². The summed E-state index contributed by atoms with van der Waals surface area (Å²) in [5.74, 6) is 0.277. The van der Waals surface area contributed by atoms with Gasteiger partial charge in [0.25, 0.3) is 5.91 Å². The first-order chi connectivity index (χ1) is 28.0. The van der Waals surface area contributed by atoms with Crippen LogP contribution in [0.2, 0.25) is 0 Å². The number of carbonyl (C=O) groups excluding carboxylic acids is 4. The summed E-state index contributed by atoms with van der Waals surface area (Å²) in [6.07, 6.45) is 5.17. The van der Waals surface area contributed by atoms with Gasteiger partial charge in [0.15, 0.2) is 5.78 Å². The van der Waals surface area contributed by atoms with Crippen molar-refractivity contribution in [3.8, 4) is 11.5 Å². The first-order valence-corrected chi connectivity index (χ1v) is 19.1. The molecule has 6 aromatic rings. The zero-order valence-corrected chi connectivity index (χ0v) is 36.1. The number of imidazole rings is 2. The number of amides is 1. The Kier molecular flexibility index (Phi) is 12.8. The average molecular weight is 858 g/mol. The topological polar surface area (TPSA) is 189 Å². The lowest BCUT2D eigenvalue weighted by molar-refractivity contribution is 0.0591. The summed E-state index contributed by atoms with van der Waals surface area (Å²) in [7, 11) is 2.63.